The van der Waals surface area contributed by atoms with Crippen LogP contribution in [-0.4, -0.2) is 23.8 Å². The lowest BCUT2D eigenvalue weighted by molar-refractivity contribution is -0.139. The van der Waals surface area contributed by atoms with Crippen LogP contribution in [0.5, 0.6) is 0 Å². The van der Waals surface area contributed by atoms with Crippen molar-refractivity contribution in [3.63, 3.8) is 0 Å². The number of halogens is 1. The molecule has 0 atom stereocenters. The normalized spacial score (nSPS) is 9.89. The average molecular weight is 267 g/mol. The summed E-state index contributed by atoms with van der Waals surface area (Å²) in [6.07, 6.45) is 0. The van der Waals surface area contributed by atoms with Crippen LogP contribution in [0.4, 0.5) is 4.39 Å². The predicted octanol–water partition coefficient (Wildman–Crippen LogP) is 0.111. The van der Waals surface area contributed by atoms with Crippen molar-refractivity contribution in [1.82, 2.24) is 16.2 Å². The van der Waals surface area contributed by atoms with Gasteiger partial charge in [-0.1, -0.05) is 0 Å². The van der Waals surface area contributed by atoms with Gasteiger partial charge in [-0.05, 0) is 38.1 Å². The highest BCUT2D eigenvalue weighted by Crippen LogP contribution is 2.01. The van der Waals surface area contributed by atoms with Gasteiger partial charge >= 0.3 is 11.8 Å². The zero-order valence-corrected chi connectivity index (χ0v) is 10.5. The van der Waals surface area contributed by atoms with Crippen molar-refractivity contribution in [1.29, 1.82) is 0 Å². The molecule has 0 fully saturated rings. The first-order chi connectivity index (χ1) is 8.90. The first-order valence-corrected chi connectivity index (χ1v) is 5.57. The largest absolute Gasteiger partial charge is 0.346 e. The highest BCUT2D eigenvalue weighted by molar-refractivity contribution is 6.35. The Hall–Kier alpha value is -2.44. The van der Waals surface area contributed by atoms with Gasteiger partial charge in [0.2, 0.25) is 0 Å². The van der Waals surface area contributed by atoms with Crippen molar-refractivity contribution in [2.75, 3.05) is 0 Å². The summed E-state index contributed by atoms with van der Waals surface area (Å²) >= 11 is 0. The van der Waals surface area contributed by atoms with Crippen LogP contribution < -0.4 is 16.2 Å². The maximum Gasteiger partial charge on any atom is 0.327 e. The van der Waals surface area contributed by atoms with Crippen molar-refractivity contribution >= 4 is 17.7 Å². The zero-order valence-electron chi connectivity index (χ0n) is 10.5. The van der Waals surface area contributed by atoms with E-state index in [1.807, 2.05) is 5.43 Å². The summed E-state index contributed by atoms with van der Waals surface area (Å²) in [7, 11) is 0. The molecule has 0 bridgehead atoms. The van der Waals surface area contributed by atoms with Crippen molar-refractivity contribution < 1.29 is 18.8 Å². The van der Waals surface area contributed by atoms with Crippen LogP contribution in [0.15, 0.2) is 24.3 Å². The summed E-state index contributed by atoms with van der Waals surface area (Å²) in [6.45, 7) is 3.39. The number of hydrazine groups is 1. The van der Waals surface area contributed by atoms with Crippen LogP contribution in [0.3, 0.4) is 0 Å². The number of hydrogen-bond acceptors (Lipinski definition) is 3. The summed E-state index contributed by atoms with van der Waals surface area (Å²) < 4.78 is 12.6. The van der Waals surface area contributed by atoms with E-state index >= 15 is 0 Å². The van der Waals surface area contributed by atoms with Gasteiger partial charge in [-0.3, -0.25) is 25.2 Å². The van der Waals surface area contributed by atoms with Crippen LogP contribution in [0, 0.1) is 5.82 Å². The molecular formula is C12H14FN3O3. The number of carbonyl (C=O) groups excluding carboxylic acids is 3. The topological polar surface area (TPSA) is 87.3 Å². The smallest absolute Gasteiger partial charge is 0.327 e. The first kappa shape index (κ1) is 14.6. The van der Waals surface area contributed by atoms with Crippen molar-refractivity contribution in [3.05, 3.63) is 35.6 Å². The molecule has 102 valence electrons. The fraction of sp³-hybridized carbons (Fsp3) is 0.250. The van der Waals surface area contributed by atoms with Crippen LogP contribution in [0.25, 0.3) is 0 Å². The molecule has 0 heterocycles. The molecule has 0 unspecified atom stereocenters. The Morgan fingerprint density at radius 3 is 2.11 bits per heavy atom. The van der Waals surface area contributed by atoms with E-state index < -0.39 is 23.5 Å². The van der Waals surface area contributed by atoms with E-state index in [1.54, 1.807) is 13.8 Å². The molecule has 0 aliphatic carbocycles. The second kappa shape index (κ2) is 6.48. The van der Waals surface area contributed by atoms with Crippen LogP contribution in [-0.2, 0) is 9.59 Å². The third-order valence-corrected chi connectivity index (χ3v) is 2.02. The van der Waals surface area contributed by atoms with E-state index in [0.29, 0.717) is 0 Å². The summed E-state index contributed by atoms with van der Waals surface area (Å²) in [5.74, 6) is -2.96. The standard InChI is InChI=1S/C12H14FN3O3/c1-7(2)14-11(18)12(19)16-15-10(17)8-3-5-9(13)6-4-8/h3-7H,1-2H3,(H,14,18)(H,15,17)(H,16,19). The SMILES string of the molecule is CC(C)NC(=O)C(=O)NNC(=O)c1ccc(F)cc1. The fourth-order valence-electron chi connectivity index (χ4n) is 1.17. The van der Waals surface area contributed by atoms with Gasteiger partial charge in [0.15, 0.2) is 0 Å². The summed E-state index contributed by atoms with van der Waals surface area (Å²) in [5.41, 5.74) is 4.17. The lowest BCUT2D eigenvalue weighted by Gasteiger charge is -2.09. The highest BCUT2D eigenvalue weighted by Gasteiger charge is 2.15. The summed E-state index contributed by atoms with van der Waals surface area (Å²) in [4.78, 5) is 34.0. The quantitative estimate of drug-likeness (QED) is 0.525. The first-order valence-electron chi connectivity index (χ1n) is 5.57. The fourth-order valence-corrected chi connectivity index (χ4v) is 1.17. The van der Waals surface area contributed by atoms with Gasteiger partial charge < -0.3 is 5.32 Å². The summed E-state index contributed by atoms with van der Waals surface area (Å²) in [6, 6.07) is 4.55. The van der Waals surface area contributed by atoms with Gasteiger partial charge in [0.1, 0.15) is 5.82 Å². The molecule has 0 saturated carbocycles. The lowest BCUT2D eigenvalue weighted by atomic mass is 10.2. The number of carbonyl (C=O) groups is 3. The maximum absolute atomic E-state index is 12.6. The third-order valence-electron chi connectivity index (χ3n) is 2.02. The van der Waals surface area contributed by atoms with Crippen LogP contribution >= 0.6 is 0 Å². The number of rotatable bonds is 2. The number of benzene rings is 1. The molecule has 1 aromatic carbocycles. The minimum Gasteiger partial charge on any atom is -0.346 e. The lowest BCUT2D eigenvalue weighted by Crippen LogP contribution is -2.49. The summed E-state index contributed by atoms with van der Waals surface area (Å²) in [5, 5.41) is 2.36. The second-order valence-electron chi connectivity index (χ2n) is 4.04. The van der Waals surface area contributed by atoms with Crippen LogP contribution in [0.1, 0.15) is 24.2 Å². The molecule has 19 heavy (non-hydrogen) atoms. The van der Waals surface area contributed by atoms with Gasteiger partial charge in [-0.2, -0.15) is 0 Å². The molecule has 0 spiro atoms. The van der Waals surface area contributed by atoms with Crippen molar-refractivity contribution in [3.8, 4) is 0 Å². The molecule has 0 aliphatic heterocycles. The van der Waals surface area contributed by atoms with Gasteiger partial charge in [-0.15, -0.1) is 0 Å². The van der Waals surface area contributed by atoms with E-state index in [9.17, 15) is 18.8 Å². The molecule has 0 aromatic heterocycles. The van der Waals surface area contributed by atoms with Gasteiger partial charge in [0, 0.05) is 11.6 Å². The Kier molecular flexibility index (Phi) is 4.99. The molecule has 0 aliphatic rings. The second-order valence-corrected chi connectivity index (χ2v) is 4.04. The molecule has 7 heteroatoms. The molecule has 6 nitrogen and oxygen atoms in total. The molecule has 0 saturated heterocycles. The van der Waals surface area contributed by atoms with Crippen molar-refractivity contribution in [2.45, 2.75) is 19.9 Å². The van der Waals surface area contributed by atoms with Gasteiger partial charge in [-0.25, -0.2) is 4.39 Å². The number of hydrogen-bond donors (Lipinski definition) is 3. The Morgan fingerprint density at radius 1 is 1.00 bits per heavy atom. The van der Waals surface area contributed by atoms with E-state index in [2.05, 4.69) is 10.7 Å². The van der Waals surface area contributed by atoms with E-state index in [1.165, 1.54) is 12.1 Å². The highest BCUT2D eigenvalue weighted by atomic mass is 19.1. The third kappa shape index (κ3) is 4.74. The Morgan fingerprint density at radius 2 is 1.58 bits per heavy atom. The molecule has 0 radical (unpaired) electrons. The molecule has 3 N–H and O–H groups in total. The molecule has 3 amide bonds. The molecule has 1 rings (SSSR count). The Bertz CT molecular complexity index is 485. The number of nitrogens with one attached hydrogen (secondary N) is 3. The molecular weight excluding hydrogens is 253 g/mol. The number of amides is 3. The van der Waals surface area contributed by atoms with Gasteiger partial charge in [0.25, 0.3) is 5.91 Å². The monoisotopic (exact) mass is 267 g/mol. The van der Waals surface area contributed by atoms with Crippen molar-refractivity contribution in [2.24, 2.45) is 0 Å². The maximum atomic E-state index is 12.6. The van der Waals surface area contributed by atoms with Crippen LogP contribution in [0.2, 0.25) is 0 Å². The van der Waals surface area contributed by atoms with Gasteiger partial charge in [0.05, 0.1) is 0 Å². The minimum absolute atomic E-state index is 0.158. The Balaban J connectivity index is 2.48. The van der Waals surface area contributed by atoms with E-state index in [-0.39, 0.29) is 11.6 Å². The van der Waals surface area contributed by atoms with E-state index in [0.717, 1.165) is 12.1 Å². The molecule has 1 aromatic rings. The minimum atomic E-state index is -0.982. The average Bonchev–Trinajstić information content (AvgIpc) is 2.35. The Labute approximate surface area is 109 Å². The zero-order chi connectivity index (χ0) is 14.4. The van der Waals surface area contributed by atoms with E-state index in [4.69, 9.17) is 0 Å². The predicted molar refractivity (Wildman–Crippen MR) is 65.3 cm³/mol.